The van der Waals surface area contributed by atoms with Crippen molar-refractivity contribution in [1.82, 2.24) is 14.6 Å². The van der Waals surface area contributed by atoms with Gasteiger partial charge < -0.3 is 10.6 Å². The standard InChI is InChI=1S/C11H16N6/c1-2-16(7-4-9(12)13)10-5-8-17-11(15-10)3-6-14-17/h3,5-6,8H,2,4,7H2,1H3,(H3,12,13). The summed E-state index contributed by atoms with van der Waals surface area (Å²) in [5.41, 5.74) is 6.19. The van der Waals surface area contributed by atoms with Gasteiger partial charge in [-0.3, -0.25) is 5.41 Å². The Balaban J connectivity index is 2.20. The Morgan fingerprint density at radius 2 is 2.35 bits per heavy atom. The Labute approximate surface area is 99.6 Å². The van der Waals surface area contributed by atoms with Crippen LogP contribution in [-0.4, -0.2) is 33.5 Å². The van der Waals surface area contributed by atoms with E-state index in [1.807, 2.05) is 18.3 Å². The highest BCUT2D eigenvalue weighted by Gasteiger charge is 2.07. The molecular weight excluding hydrogens is 216 g/mol. The van der Waals surface area contributed by atoms with Gasteiger partial charge in [0, 0.05) is 31.8 Å². The molecule has 0 bridgehead atoms. The fraction of sp³-hybridized carbons (Fsp3) is 0.364. The van der Waals surface area contributed by atoms with Gasteiger partial charge in [-0.15, -0.1) is 0 Å². The predicted octanol–water partition coefficient (Wildman–Crippen LogP) is 0.882. The number of hydrogen-bond donors (Lipinski definition) is 2. The molecule has 0 radical (unpaired) electrons. The van der Waals surface area contributed by atoms with E-state index < -0.39 is 0 Å². The van der Waals surface area contributed by atoms with Crippen LogP contribution in [0.4, 0.5) is 5.82 Å². The minimum Gasteiger partial charge on any atom is -0.388 e. The molecule has 2 rings (SSSR count). The monoisotopic (exact) mass is 232 g/mol. The second-order valence-corrected chi connectivity index (χ2v) is 3.77. The van der Waals surface area contributed by atoms with E-state index in [9.17, 15) is 0 Å². The third kappa shape index (κ3) is 2.52. The quantitative estimate of drug-likeness (QED) is 0.592. The molecule has 0 aliphatic heterocycles. The van der Waals surface area contributed by atoms with Crippen LogP contribution in [0, 0.1) is 5.41 Å². The lowest BCUT2D eigenvalue weighted by Crippen LogP contribution is -2.28. The minimum atomic E-state index is 0.203. The molecule has 0 saturated heterocycles. The maximum Gasteiger partial charge on any atom is 0.157 e. The Bertz CT molecular complexity index is 517. The molecule has 0 aromatic carbocycles. The fourth-order valence-corrected chi connectivity index (χ4v) is 1.67. The molecule has 0 aliphatic carbocycles. The molecule has 0 amide bonds. The normalized spacial score (nSPS) is 10.6. The first-order chi connectivity index (χ1) is 8.20. The van der Waals surface area contributed by atoms with Crippen molar-refractivity contribution in [1.29, 1.82) is 5.41 Å². The van der Waals surface area contributed by atoms with Crippen LogP contribution in [0.1, 0.15) is 13.3 Å². The number of amidine groups is 1. The van der Waals surface area contributed by atoms with Crippen molar-refractivity contribution in [2.45, 2.75) is 13.3 Å². The van der Waals surface area contributed by atoms with Crippen LogP contribution in [-0.2, 0) is 0 Å². The maximum atomic E-state index is 7.25. The molecular formula is C11H16N6. The first kappa shape index (κ1) is 11.4. The number of anilines is 1. The van der Waals surface area contributed by atoms with Crippen molar-refractivity contribution in [3.8, 4) is 0 Å². The minimum absolute atomic E-state index is 0.203. The molecule has 17 heavy (non-hydrogen) atoms. The predicted molar refractivity (Wildman–Crippen MR) is 67.4 cm³/mol. The Kier molecular flexibility index (Phi) is 3.22. The van der Waals surface area contributed by atoms with E-state index in [-0.39, 0.29) is 5.84 Å². The van der Waals surface area contributed by atoms with E-state index in [1.165, 1.54) is 0 Å². The lowest BCUT2D eigenvalue weighted by molar-refractivity contribution is 0.809. The summed E-state index contributed by atoms with van der Waals surface area (Å²) in [6.07, 6.45) is 4.16. The number of hydrogen-bond acceptors (Lipinski definition) is 4. The number of fused-ring (bicyclic) bond motifs is 1. The van der Waals surface area contributed by atoms with Crippen molar-refractivity contribution < 1.29 is 0 Å². The summed E-state index contributed by atoms with van der Waals surface area (Å²) in [5.74, 6) is 1.09. The summed E-state index contributed by atoms with van der Waals surface area (Å²) in [4.78, 5) is 6.59. The maximum absolute atomic E-state index is 7.25. The summed E-state index contributed by atoms with van der Waals surface area (Å²) in [6, 6.07) is 3.78. The van der Waals surface area contributed by atoms with Crippen molar-refractivity contribution in [2.24, 2.45) is 5.73 Å². The zero-order chi connectivity index (χ0) is 12.3. The molecule has 6 nitrogen and oxygen atoms in total. The van der Waals surface area contributed by atoms with Crippen LogP contribution < -0.4 is 10.6 Å². The Morgan fingerprint density at radius 1 is 1.53 bits per heavy atom. The van der Waals surface area contributed by atoms with E-state index in [0.717, 1.165) is 18.0 Å². The number of nitrogens with zero attached hydrogens (tertiary/aromatic N) is 4. The number of rotatable bonds is 5. The number of nitrogens with one attached hydrogen (secondary N) is 1. The molecule has 0 unspecified atom stereocenters. The van der Waals surface area contributed by atoms with Crippen molar-refractivity contribution >= 4 is 17.3 Å². The zero-order valence-corrected chi connectivity index (χ0v) is 9.80. The van der Waals surface area contributed by atoms with E-state index in [4.69, 9.17) is 11.1 Å². The lowest BCUT2D eigenvalue weighted by atomic mass is 10.3. The molecule has 2 aromatic heterocycles. The van der Waals surface area contributed by atoms with E-state index in [2.05, 4.69) is 21.9 Å². The zero-order valence-electron chi connectivity index (χ0n) is 9.80. The third-order valence-corrected chi connectivity index (χ3v) is 2.60. The fourth-order valence-electron chi connectivity index (χ4n) is 1.67. The molecule has 2 heterocycles. The molecule has 0 fully saturated rings. The molecule has 2 aromatic rings. The molecule has 3 N–H and O–H groups in total. The van der Waals surface area contributed by atoms with Crippen LogP contribution in [0.15, 0.2) is 24.5 Å². The topological polar surface area (TPSA) is 83.3 Å². The Morgan fingerprint density at radius 3 is 3.06 bits per heavy atom. The molecule has 0 saturated carbocycles. The summed E-state index contributed by atoms with van der Waals surface area (Å²) < 4.78 is 1.72. The van der Waals surface area contributed by atoms with Gasteiger partial charge in [-0.05, 0) is 13.0 Å². The van der Waals surface area contributed by atoms with Crippen LogP contribution in [0.5, 0.6) is 0 Å². The number of nitrogens with two attached hydrogens (primary N) is 1. The SMILES string of the molecule is CCN(CCC(=N)N)c1ccn2nccc2n1. The van der Waals surface area contributed by atoms with Crippen molar-refractivity contribution in [2.75, 3.05) is 18.0 Å². The summed E-state index contributed by atoms with van der Waals surface area (Å²) >= 11 is 0. The highest BCUT2D eigenvalue weighted by atomic mass is 15.3. The van der Waals surface area contributed by atoms with Gasteiger partial charge in [-0.25, -0.2) is 9.50 Å². The molecule has 90 valence electrons. The van der Waals surface area contributed by atoms with E-state index >= 15 is 0 Å². The highest BCUT2D eigenvalue weighted by molar-refractivity contribution is 5.77. The summed E-state index contributed by atoms with van der Waals surface area (Å²) in [5, 5.41) is 11.3. The molecule has 0 atom stereocenters. The molecule has 0 aliphatic rings. The van der Waals surface area contributed by atoms with E-state index in [1.54, 1.807) is 10.7 Å². The molecule has 6 heteroatoms. The van der Waals surface area contributed by atoms with Crippen molar-refractivity contribution in [3.05, 3.63) is 24.5 Å². The third-order valence-electron chi connectivity index (χ3n) is 2.60. The average Bonchev–Trinajstić information content (AvgIpc) is 2.76. The highest BCUT2D eigenvalue weighted by Crippen LogP contribution is 2.12. The van der Waals surface area contributed by atoms with E-state index in [0.29, 0.717) is 13.0 Å². The number of aromatic nitrogens is 3. The summed E-state index contributed by atoms with van der Waals surface area (Å²) in [6.45, 7) is 3.61. The average molecular weight is 232 g/mol. The smallest absolute Gasteiger partial charge is 0.157 e. The van der Waals surface area contributed by atoms with Crippen LogP contribution >= 0.6 is 0 Å². The van der Waals surface area contributed by atoms with Gasteiger partial charge in [0.05, 0.1) is 12.0 Å². The van der Waals surface area contributed by atoms with Gasteiger partial charge in [0.25, 0.3) is 0 Å². The Hall–Kier alpha value is -2.11. The summed E-state index contributed by atoms with van der Waals surface area (Å²) in [7, 11) is 0. The van der Waals surface area contributed by atoms with Gasteiger partial charge in [0.15, 0.2) is 5.65 Å². The van der Waals surface area contributed by atoms with Gasteiger partial charge in [0.1, 0.15) is 5.82 Å². The second-order valence-electron chi connectivity index (χ2n) is 3.77. The molecule has 0 spiro atoms. The van der Waals surface area contributed by atoms with Crippen LogP contribution in [0.25, 0.3) is 5.65 Å². The first-order valence-corrected chi connectivity index (χ1v) is 5.59. The second kappa shape index (κ2) is 4.82. The van der Waals surface area contributed by atoms with Crippen LogP contribution in [0.3, 0.4) is 0 Å². The largest absolute Gasteiger partial charge is 0.388 e. The van der Waals surface area contributed by atoms with Crippen LogP contribution in [0.2, 0.25) is 0 Å². The van der Waals surface area contributed by atoms with Gasteiger partial charge in [0.2, 0.25) is 0 Å². The first-order valence-electron chi connectivity index (χ1n) is 5.59. The lowest BCUT2D eigenvalue weighted by Gasteiger charge is -2.21. The van der Waals surface area contributed by atoms with Gasteiger partial charge in [-0.1, -0.05) is 0 Å². The van der Waals surface area contributed by atoms with Gasteiger partial charge in [-0.2, -0.15) is 5.10 Å². The van der Waals surface area contributed by atoms with Crippen molar-refractivity contribution in [3.63, 3.8) is 0 Å². The van der Waals surface area contributed by atoms with Gasteiger partial charge >= 0.3 is 0 Å².